The van der Waals surface area contributed by atoms with Crippen molar-refractivity contribution in [2.75, 3.05) is 0 Å². The minimum atomic E-state index is -0.334. The highest BCUT2D eigenvalue weighted by Crippen LogP contribution is 2.29. The highest BCUT2D eigenvalue weighted by atomic mass is 79.9. The Hall–Kier alpha value is -1.10. The number of aryl methyl sites for hydroxylation is 1. The van der Waals surface area contributed by atoms with Crippen LogP contribution in [0.1, 0.15) is 16.7 Å². The third-order valence-electron chi connectivity index (χ3n) is 2.92. The van der Waals surface area contributed by atoms with E-state index in [1.807, 2.05) is 19.1 Å². The van der Waals surface area contributed by atoms with Crippen LogP contribution in [-0.4, -0.2) is 0 Å². The van der Waals surface area contributed by atoms with Gasteiger partial charge in [-0.15, -0.1) is 0 Å². The average molecular weight is 359 g/mol. The monoisotopic (exact) mass is 357 g/mol. The van der Waals surface area contributed by atoms with Gasteiger partial charge in [-0.05, 0) is 42.8 Å². The van der Waals surface area contributed by atoms with E-state index in [9.17, 15) is 4.39 Å². The summed E-state index contributed by atoms with van der Waals surface area (Å²) in [7, 11) is 0. The molecule has 0 aliphatic carbocycles. The molecule has 0 fully saturated rings. The Morgan fingerprint density at radius 1 is 1.25 bits per heavy atom. The smallest absolute Gasteiger partial charge is 0.127 e. The highest BCUT2D eigenvalue weighted by Gasteiger charge is 2.10. The Labute approximate surface area is 130 Å². The molecule has 2 aromatic rings. The summed E-state index contributed by atoms with van der Waals surface area (Å²) in [6.07, 6.45) is 0. The number of hydrogen-bond donors (Lipinski definition) is 1. The van der Waals surface area contributed by atoms with Crippen LogP contribution < -0.4 is 10.5 Å². The summed E-state index contributed by atoms with van der Waals surface area (Å²) in [6, 6.07) is 8.08. The lowest BCUT2D eigenvalue weighted by Crippen LogP contribution is -2.05. The molecule has 0 saturated heterocycles. The van der Waals surface area contributed by atoms with E-state index in [4.69, 9.17) is 22.1 Å². The predicted octanol–water partition coefficient (Wildman–Crippen LogP) is 4.59. The Morgan fingerprint density at radius 2 is 2.00 bits per heavy atom. The lowest BCUT2D eigenvalue weighted by atomic mass is 10.1. The van der Waals surface area contributed by atoms with Crippen molar-refractivity contribution < 1.29 is 9.13 Å². The lowest BCUT2D eigenvalue weighted by Gasteiger charge is -2.14. The van der Waals surface area contributed by atoms with Crippen molar-refractivity contribution in [3.05, 3.63) is 62.3 Å². The first kappa shape index (κ1) is 15.3. The van der Waals surface area contributed by atoms with Gasteiger partial charge in [-0.3, -0.25) is 0 Å². The predicted molar refractivity (Wildman–Crippen MR) is 82.5 cm³/mol. The van der Waals surface area contributed by atoms with Crippen LogP contribution in [0.5, 0.6) is 5.75 Å². The van der Waals surface area contributed by atoms with E-state index < -0.39 is 0 Å². The van der Waals surface area contributed by atoms with Crippen molar-refractivity contribution >= 4 is 27.5 Å². The molecule has 2 rings (SSSR count). The topological polar surface area (TPSA) is 35.2 Å². The number of hydrogen-bond acceptors (Lipinski definition) is 2. The van der Waals surface area contributed by atoms with Gasteiger partial charge in [0.2, 0.25) is 0 Å². The summed E-state index contributed by atoms with van der Waals surface area (Å²) in [6.45, 7) is 2.50. The SMILES string of the molecule is Cc1cc(Br)cc(CN)c1OCc1cc(F)ccc1Cl. The Bertz CT molecular complexity index is 634. The van der Waals surface area contributed by atoms with Crippen molar-refractivity contribution in [3.63, 3.8) is 0 Å². The first-order valence-electron chi connectivity index (χ1n) is 6.07. The molecule has 0 amide bonds. The van der Waals surface area contributed by atoms with Gasteiger partial charge in [-0.25, -0.2) is 4.39 Å². The number of ether oxygens (including phenoxy) is 1. The molecule has 2 N–H and O–H groups in total. The highest BCUT2D eigenvalue weighted by molar-refractivity contribution is 9.10. The molecule has 2 aromatic carbocycles. The molecule has 0 aliphatic rings. The molecule has 106 valence electrons. The van der Waals surface area contributed by atoms with E-state index in [0.717, 1.165) is 21.3 Å². The molecule has 0 heterocycles. The normalized spacial score (nSPS) is 10.7. The van der Waals surface area contributed by atoms with Crippen LogP contribution in [0.15, 0.2) is 34.8 Å². The molecule has 20 heavy (non-hydrogen) atoms. The average Bonchev–Trinajstić information content (AvgIpc) is 2.40. The fourth-order valence-electron chi connectivity index (χ4n) is 1.96. The molecule has 0 saturated carbocycles. The summed E-state index contributed by atoms with van der Waals surface area (Å²) < 4.78 is 19.9. The summed E-state index contributed by atoms with van der Waals surface area (Å²) in [4.78, 5) is 0. The molecule has 2 nitrogen and oxygen atoms in total. The van der Waals surface area contributed by atoms with Crippen LogP contribution in [0.4, 0.5) is 4.39 Å². The van der Waals surface area contributed by atoms with E-state index in [1.54, 1.807) is 0 Å². The van der Waals surface area contributed by atoms with E-state index in [1.165, 1.54) is 18.2 Å². The fourth-order valence-corrected chi connectivity index (χ4v) is 2.75. The largest absolute Gasteiger partial charge is 0.488 e. The van der Waals surface area contributed by atoms with Crippen LogP contribution in [0.2, 0.25) is 5.02 Å². The lowest BCUT2D eigenvalue weighted by molar-refractivity contribution is 0.300. The van der Waals surface area contributed by atoms with Gasteiger partial charge < -0.3 is 10.5 Å². The van der Waals surface area contributed by atoms with E-state index in [-0.39, 0.29) is 12.4 Å². The van der Waals surface area contributed by atoms with Gasteiger partial charge in [0.15, 0.2) is 0 Å². The number of halogens is 3. The zero-order valence-corrected chi connectivity index (χ0v) is 13.3. The maximum Gasteiger partial charge on any atom is 0.127 e. The third-order valence-corrected chi connectivity index (χ3v) is 3.74. The van der Waals surface area contributed by atoms with Gasteiger partial charge in [0, 0.05) is 27.2 Å². The van der Waals surface area contributed by atoms with E-state index >= 15 is 0 Å². The number of benzene rings is 2. The molecule has 5 heteroatoms. The molecule has 0 aliphatic heterocycles. The molecule has 0 unspecified atom stereocenters. The molecular weight excluding hydrogens is 345 g/mol. The molecule has 0 atom stereocenters. The van der Waals surface area contributed by atoms with Gasteiger partial charge in [0.25, 0.3) is 0 Å². The van der Waals surface area contributed by atoms with Crippen molar-refractivity contribution in [1.29, 1.82) is 0 Å². The molecule has 0 bridgehead atoms. The summed E-state index contributed by atoms with van der Waals surface area (Å²) in [5.74, 6) is 0.385. The van der Waals surface area contributed by atoms with Gasteiger partial charge in [0.05, 0.1) is 0 Å². The Balaban J connectivity index is 2.25. The number of nitrogens with two attached hydrogens (primary N) is 1. The van der Waals surface area contributed by atoms with Crippen LogP contribution in [0.25, 0.3) is 0 Å². The first-order valence-corrected chi connectivity index (χ1v) is 7.24. The standard InChI is InChI=1S/C15H14BrClFNO/c1-9-4-12(16)5-10(7-19)15(9)20-8-11-6-13(18)2-3-14(11)17/h2-6H,7-8,19H2,1H3. The van der Waals surface area contributed by atoms with Crippen LogP contribution in [0, 0.1) is 12.7 Å². The first-order chi connectivity index (χ1) is 9.51. The number of rotatable bonds is 4. The summed E-state index contributed by atoms with van der Waals surface area (Å²) >= 11 is 9.45. The van der Waals surface area contributed by atoms with Crippen LogP contribution >= 0.6 is 27.5 Å². The van der Waals surface area contributed by atoms with Crippen molar-refractivity contribution in [2.45, 2.75) is 20.1 Å². The van der Waals surface area contributed by atoms with E-state index in [2.05, 4.69) is 15.9 Å². The van der Waals surface area contributed by atoms with Gasteiger partial charge in [-0.2, -0.15) is 0 Å². The molecule has 0 aromatic heterocycles. The van der Waals surface area contributed by atoms with Crippen LogP contribution in [0.3, 0.4) is 0 Å². The van der Waals surface area contributed by atoms with Crippen LogP contribution in [-0.2, 0) is 13.2 Å². The molecular formula is C15H14BrClFNO. The fraction of sp³-hybridized carbons (Fsp3) is 0.200. The van der Waals surface area contributed by atoms with Crippen molar-refractivity contribution in [1.82, 2.24) is 0 Å². The Morgan fingerprint density at radius 3 is 2.70 bits per heavy atom. The minimum Gasteiger partial charge on any atom is -0.488 e. The zero-order valence-electron chi connectivity index (χ0n) is 10.9. The quantitative estimate of drug-likeness (QED) is 0.867. The maximum atomic E-state index is 13.2. The van der Waals surface area contributed by atoms with E-state index in [0.29, 0.717) is 17.1 Å². The Kier molecular flexibility index (Phi) is 5.02. The summed E-state index contributed by atoms with van der Waals surface area (Å²) in [5, 5.41) is 0.482. The second-order valence-electron chi connectivity index (χ2n) is 4.44. The van der Waals surface area contributed by atoms with Gasteiger partial charge >= 0.3 is 0 Å². The van der Waals surface area contributed by atoms with Crippen molar-refractivity contribution in [2.24, 2.45) is 5.73 Å². The second kappa shape index (κ2) is 6.57. The zero-order chi connectivity index (χ0) is 14.7. The summed E-state index contributed by atoms with van der Waals surface area (Å²) in [5.41, 5.74) is 8.19. The maximum absolute atomic E-state index is 13.2. The van der Waals surface area contributed by atoms with Gasteiger partial charge in [0.1, 0.15) is 18.2 Å². The second-order valence-corrected chi connectivity index (χ2v) is 5.76. The minimum absolute atomic E-state index is 0.200. The van der Waals surface area contributed by atoms with Gasteiger partial charge in [-0.1, -0.05) is 27.5 Å². The van der Waals surface area contributed by atoms with Crippen molar-refractivity contribution in [3.8, 4) is 5.75 Å². The molecule has 0 spiro atoms. The molecule has 0 radical (unpaired) electrons. The third kappa shape index (κ3) is 3.51.